The van der Waals surface area contributed by atoms with Gasteiger partial charge in [0.05, 0.1) is 23.0 Å². The summed E-state index contributed by atoms with van der Waals surface area (Å²) in [5, 5.41) is 7.38. The Morgan fingerprint density at radius 1 is 1.28 bits per heavy atom. The lowest BCUT2D eigenvalue weighted by molar-refractivity contribution is 0.222. The van der Waals surface area contributed by atoms with Crippen molar-refractivity contribution in [2.45, 2.75) is 12.8 Å². The van der Waals surface area contributed by atoms with Gasteiger partial charge in [0.15, 0.2) is 5.82 Å². The number of carbonyl (C=O) groups excluding carboxylic acids is 1. The van der Waals surface area contributed by atoms with Gasteiger partial charge in [-0.3, -0.25) is 0 Å². The first-order valence-electron chi connectivity index (χ1n) is 7.84. The number of nitrogens with zero attached hydrogens (tertiary/aromatic N) is 5. The van der Waals surface area contributed by atoms with Crippen LogP contribution in [0.4, 0.5) is 14.9 Å². The fraction of sp³-hybridized carbons (Fsp3) is 0.250. The maximum atomic E-state index is 14.2. The molecule has 0 saturated carbocycles. The minimum Gasteiger partial charge on any atom is -0.325 e. The topological polar surface area (TPSA) is 75.4 Å². The number of hydrogen-bond donors (Lipinski definition) is 1. The van der Waals surface area contributed by atoms with E-state index in [1.54, 1.807) is 4.90 Å². The van der Waals surface area contributed by atoms with Crippen molar-refractivity contribution in [2.75, 3.05) is 18.4 Å². The van der Waals surface area contributed by atoms with E-state index in [-0.39, 0.29) is 17.4 Å². The monoisotopic (exact) mass is 360 g/mol. The highest BCUT2D eigenvalue weighted by molar-refractivity contribution is 6.30. The van der Waals surface area contributed by atoms with Gasteiger partial charge in [0.2, 0.25) is 0 Å². The zero-order valence-corrected chi connectivity index (χ0v) is 13.9. The van der Waals surface area contributed by atoms with Crippen LogP contribution in [0.1, 0.15) is 12.8 Å². The number of carbonyl (C=O) groups is 1. The molecule has 1 aliphatic rings. The van der Waals surface area contributed by atoms with Gasteiger partial charge in [-0.15, -0.1) is 5.10 Å². The minimum atomic E-state index is -0.485. The molecule has 1 saturated heterocycles. The van der Waals surface area contributed by atoms with Crippen molar-refractivity contribution in [3.63, 3.8) is 0 Å². The quantitative estimate of drug-likeness (QED) is 0.761. The molecule has 0 unspecified atom stereocenters. The molecule has 0 atom stereocenters. The predicted molar refractivity (Wildman–Crippen MR) is 91.0 cm³/mol. The second kappa shape index (κ2) is 6.29. The Morgan fingerprint density at radius 2 is 2.08 bits per heavy atom. The molecular weight excluding hydrogens is 347 g/mol. The van der Waals surface area contributed by atoms with Gasteiger partial charge >= 0.3 is 6.03 Å². The second-order valence-corrected chi connectivity index (χ2v) is 6.21. The average Bonchev–Trinajstić information content (AvgIpc) is 3.25. The summed E-state index contributed by atoms with van der Waals surface area (Å²) in [4.78, 5) is 22.2. The van der Waals surface area contributed by atoms with Crippen LogP contribution in [-0.4, -0.2) is 43.6 Å². The molecule has 1 fully saturated rings. The van der Waals surface area contributed by atoms with E-state index in [4.69, 9.17) is 11.6 Å². The smallest absolute Gasteiger partial charge is 0.321 e. The lowest BCUT2D eigenvalue weighted by Crippen LogP contribution is -2.32. The zero-order valence-electron chi connectivity index (χ0n) is 13.1. The Balaban J connectivity index is 1.65. The molecule has 7 nitrogen and oxygen atoms in total. The van der Waals surface area contributed by atoms with Crippen LogP contribution < -0.4 is 5.32 Å². The van der Waals surface area contributed by atoms with E-state index in [9.17, 15) is 9.18 Å². The molecule has 2 aromatic heterocycles. The number of hydrogen-bond acceptors (Lipinski definition) is 4. The van der Waals surface area contributed by atoms with Crippen LogP contribution in [0.15, 0.2) is 30.6 Å². The summed E-state index contributed by atoms with van der Waals surface area (Å²) in [7, 11) is 0. The summed E-state index contributed by atoms with van der Waals surface area (Å²) >= 11 is 5.87. The van der Waals surface area contributed by atoms with Gasteiger partial charge in [0.25, 0.3) is 5.78 Å². The van der Waals surface area contributed by atoms with Crippen LogP contribution in [0, 0.1) is 5.82 Å². The summed E-state index contributed by atoms with van der Waals surface area (Å²) < 4.78 is 15.6. The van der Waals surface area contributed by atoms with Crippen molar-refractivity contribution in [3.05, 3.63) is 41.4 Å². The Morgan fingerprint density at radius 3 is 2.88 bits per heavy atom. The largest absolute Gasteiger partial charge is 0.325 e. The Hall–Kier alpha value is -2.74. The van der Waals surface area contributed by atoms with E-state index in [1.165, 1.54) is 35.1 Å². The molecule has 3 heterocycles. The van der Waals surface area contributed by atoms with E-state index < -0.39 is 5.82 Å². The summed E-state index contributed by atoms with van der Waals surface area (Å²) in [6, 6.07) is 4.12. The van der Waals surface area contributed by atoms with E-state index in [1.807, 2.05) is 0 Å². The van der Waals surface area contributed by atoms with E-state index >= 15 is 0 Å². The van der Waals surface area contributed by atoms with Gasteiger partial charge in [0.1, 0.15) is 5.82 Å². The first kappa shape index (κ1) is 15.8. The number of rotatable bonds is 2. The normalized spacial score (nSPS) is 14.2. The molecule has 1 aliphatic heterocycles. The number of aromatic nitrogens is 4. The number of benzene rings is 1. The Labute approximate surface area is 147 Å². The average molecular weight is 361 g/mol. The number of likely N-dealkylation sites (tertiary alicyclic amines) is 1. The molecule has 128 valence electrons. The lowest BCUT2D eigenvalue weighted by atomic mass is 10.2. The van der Waals surface area contributed by atoms with Gasteiger partial charge in [-0.05, 0) is 31.0 Å². The highest BCUT2D eigenvalue weighted by Crippen LogP contribution is 2.24. The first-order chi connectivity index (χ1) is 12.1. The molecule has 0 bridgehead atoms. The Bertz CT molecular complexity index is 953. The van der Waals surface area contributed by atoms with Gasteiger partial charge < -0.3 is 10.2 Å². The molecular formula is C16H14ClFN6O. The summed E-state index contributed by atoms with van der Waals surface area (Å²) in [6.07, 6.45) is 4.99. The maximum Gasteiger partial charge on any atom is 0.321 e. The third-order valence-corrected chi connectivity index (χ3v) is 4.21. The molecule has 1 N–H and O–H groups in total. The summed E-state index contributed by atoms with van der Waals surface area (Å²) in [6.45, 7) is 1.47. The lowest BCUT2D eigenvalue weighted by Gasteiger charge is -2.16. The minimum absolute atomic E-state index is 0.171. The molecule has 3 aromatic rings. The predicted octanol–water partition coefficient (Wildman–Crippen LogP) is 3.21. The molecule has 4 rings (SSSR count). The van der Waals surface area contributed by atoms with Crippen LogP contribution in [0.25, 0.3) is 17.2 Å². The Kier molecular flexibility index (Phi) is 3.96. The van der Waals surface area contributed by atoms with Crippen molar-refractivity contribution < 1.29 is 9.18 Å². The van der Waals surface area contributed by atoms with E-state index in [0.717, 1.165) is 25.9 Å². The number of urea groups is 1. The second-order valence-electron chi connectivity index (χ2n) is 5.77. The van der Waals surface area contributed by atoms with E-state index in [0.29, 0.717) is 16.5 Å². The standard InChI is InChI=1S/C16H14ClFN6O/c17-10-8-19-15-21-14(22-24(15)9-10)12-7-11(3-4-13(12)18)20-16(25)23-5-1-2-6-23/h3-4,7-9H,1-2,5-6H2,(H,20,25). The van der Waals surface area contributed by atoms with Gasteiger partial charge in [-0.2, -0.15) is 4.98 Å². The number of fused-ring (bicyclic) bond motifs is 1. The molecule has 9 heteroatoms. The number of nitrogens with one attached hydrogen (secondary N) is 1. The third-order valence-electron chi connectivity index (χ3n) is 4.01. The number of amides is 2. The van der Waals surface area contributed by atoms with Crippen molar-refractivity contribution in [3.8, 4) is 11.4 Å². The third kappa shape index (κ3) is 3.12. The highest BCUT2D eigenvalue weighted by atomic mass is 35.5. The van der Waals surface area contributed by atoms with Gasteiger partial charge in [-0.25, -0.2) is 18.7 Å². The van der Waals surface area contributed by atoms with Crippen molar-refractivity contribution in [1.82, 2.24) is 24.5 Å². The van der Waals surface area contributed by atoms with Crippen LogP contribution in [0.5, 0.6) is 0 Å². The number of halogens is 2. The molecule has 25 heavy (non-hydrogen) atoms. The van der Waals surface area contributed by atoms with E-state index in [2.05, 4.69) is 20.4 Å². The van der Waals surface area contributed by atoms with Crippen LogP contribution in [0.2, 0.25) is 5.02 Å². The molecule has 0 aliphatic carbocycles. The van der Waals surface area contributed by atoms with Crippen LogP contribution in [-0.2, 0) is 0 Å². The first-order valence-corrected chi connectivity index (χ1v) is 8.22. The summed E-state index contributed by atoms with van der Waals surface area (Å²) in [5.74, 6) is -0.00369. The van der Waals surface area contributed by atoms with Crippen LogP contribution in [0.3, 0.4) is 0 Å². The van der Waals surface area contributed by atoms with Crippen LogP contribution >= 0.6 is 11.6 Å². The summed E-state index contributed by atoms with van der Waals surface area (Å²) in [5.41, 5.74) is 0.666. The highest BCUT2D eigenvalue weighted by Gasteiger charge is 2.19. The van der Waals surface area contributed by atoms with Gasteiger partial charge in [-0.1, -0.05) is 11.6 Å². The molecule has 1 aromatic carbocycles. The SMILES string of the molecule is O=C(Nc1ccc(F)c(-c2nc3ncc(Cl)cn3n2)c1)N1CCCC1. The maximum absolute atomic E-state index is 14.2. The fourth-order valence-corrected chi connectivity index (χ4v) is 2.91. The molecule has 2 amide bonds. The zero-order chi connectivity index (χ0) is 17.4. The van der Waals surface area contributed by atoms with Crippen molar-refractivity contribution >= 4 is 29.1 Å². The number of anilines is 1. The fourth-order valence-electron chi connectivity index (χ4n) is 2.77. The van der Waals surface area contributed by atoms with Crippen molar-refractivity contribution in [1.29, 1.82) is 0 Å². The van der Waals surface area contributed by atoms with Crippen molar-refractivity contribution in [2.24, 2.45) is 0 Å². The van der Waals surface area contributed by atoms with Gasteiger partial charge in [0, 0.05) is 18.8 Å². The molecule has 0 spiro atoms. The molecule has 0 radical (unpaired) electrons.